The van der Waals surface area contributed by atoms with E-state index in [9.17, 15) is 4.79 Å². The third kappa shape index (κ3) is 5.17. The molecule has 0 radical (unpaired) electrons. The molecule has 3 aromatic carbocycles. The van der Waals surface area contributed by atoms with E-state index in [2.05, 4.69) is 51.6 Å². The summed E-state index contributed by atoms with van der Waals surface area (Å²) in [6.45, 7) is 2.21. The number of carbonyl (C=O) groups excluding carboxylic acids is 1. The van der Waals surface area contributed by atoms with Gasteiger partial charge in [0.05, 0.1) is 7.11 Å². The quantitative estimate of drug-likeness (QED) is 0.373. The number of hydrogen-bond acceptors (Lipinski definition) is 4. The first kappa shape index (κ1) is 23.2. The molecule has 0 saturated heterocycles. The number of methoxy groups -OCH3 is 1. The zero-order valence-electron chi connectivity index (χ0n) is 20.0. The van der Waals surface area contributed by atoms with Crippen molar-refractivity contribution in [1.82, 2.24) is 10.3 Å². The molecule has 2 atom stereocenters. The maximum Gasteiger partial charge on any atom is 0.260 e. The monoisotopic (exact) mass is 457 g/mol. The van der Waals surface area contributed by atoms with Gasteiger partial charge < -0.3 is 24.7 Å². The fraction of sp³-hybridized carbons (Fsp3) is 0.250. The Morgan fingerprint density at radius 1 is 0.971 bits per heavy atom. The van der Waals surface area contributed by atoms with Crippen molar-refractivity contribution in [3.63, 3.8) is 0 Å². The third-order valence-electron chi connectivity index (χ3n) is 6.03. The molecule has 2 unspecified atom stereocenters. The average molecular weight is 458 g/mol. The zero-order valence-corrected chi connectivity index (χ0v) is 20.0. The predicted molar refractivity (Wildman–Crippen MR) is 137 cm³/mol. The number of anilines is 1. The van der Waals surface area contributed by atoms with Gasteiger partial charge in [-0.2, -0.15) is 0 Å². The van der Waals surface area contributed by atoms with Crippen LogP contribution in [0.4, 0.5) is 5.69 Å². The number of aromatic nitrogens is 1. The second-order valence-corrected chi connectivity index (χ2v) is 8.51. The van der Waals surface area contributed by atoms with E-state index in [1.165, 1.54) is 0 Å². The number of amides is 1. The first-order chi connectivity index (χ1) is 16.5. The van der Waals surface area contributed by atoms with Crippen molar-refractivity contribution in [2.45, 2.75) is 18.9 Å². The lowest BCUT2D eigenvalue weighted by Crippen LogP contribution is -2.38. The van der Waals surface area contributed by atoms with E-state index >= 15 is 0 Å². The number of nitrogens with zero attached hydrogens (tertiary/aromatic N) is 1. The van der Waals surface area contributed by atoms with E-state index in [1.54, 1.807) is 26.2 Å². The highest BCUT2D eigenvalue weighted by molar-refractivity contribution is 5.85. The number of carbonyl (C=O) groups is 1. The Balaban J connectivity index is 1.52. The van der Waals surface area contributed by atoms with Gasteiger partial charge in [-0.25, -0.2) is 0 Å². The first-order valence-corrected chi connectivity index (χ1v) is 11.4. The van der Waals surface area contributed by atoms with Crippen LogP contribution in [0.15, 0.2) is 79.0 Å². The maximum absolute atomic E-state index is 12.9. The number of aromatic amines is 1. The molecule has 0 bridgehead atoms. The number of para-hydroxylation sites is 1. The summed E-state index contributed by atoms with van der Waals surface area (Å²) < 4.78 is 11.0. The molecule has 4 aromatic rings. The highest BCUT2D eigenvalue weighted by Gasteiger charge is 2.21. The molecule has 1 heterocycles. The molecule has 0 aliphatic rings. The molecule has 0 aliphatic carbocycles. The molecule has 1 aromatic heterocycles. The van der Waals surface area contributed by atoms with Crippen molar-refractivity contribution in [3.05, 3.63) is 90.1 Å². The highest BCUT2D eigenvalue weighted by atomic mass is 16.5. The molecule has 6 nitrogen and oxygen atoms in total. The van der Waals surface area contributed by atoms with Crippen LogP contribution in [0.5, 0.6) is 11.5 Å². The summed E-state index contributed by atoms with van der Waals surface area (Å²) in [6, 6.07) is 23.9. The number of hydrogen-bond donors (Lipinski definition) is 2. The number of ether oxygens (including phenoxy) is 2. The van der Waals surface area contributed by atoms with Crippen molar-refractivity contribution >= 4 is 22.5 Å². The van der Waals surface area contributed by atoms with Gasteiger partial charge in [0.2, 0.25) is 0 Å². The Hall–Kier alpha value is -3.93. The van der Waals surface area contributed by atoms with Gasteiger partial charge in [0.1, 0.15) is 11.5 Å². The van der Waals surface area contributed by atoms with E-state index in [4.69, 9.17) is 9.47 Å². The summed E-state index contributed by atoms with van der Waals surface area (Å²) in [4.78, 5) is 18.3. The SMILES string of the molecule is COc1ccc(OC(C)C(=O)NCC(c2ccc(N(C)C)cc2)c2c[nH]c3ccccc23)cc1. The summed E-state index contributed by atoms with van der Waals surface area (Å²) in [5, 5.41) is 4.25. The lowest BCUT2D eigenvalue weighted by atomic mass is 9.90. The largest absolute Gasteiger partial charge is 0.497 e. The van der Waals surface area contributed by atoms with Gasteiger partial charge in [-0.3, -0.25) is 4.79 Å². The molecule has 0 saturated carbocycles. The Morgan fingerprint density at radius 2 is 1.65 bits per heavy atom. The number of nitrogens with one attached hydrogen (secondary N) is 2. The van der Waals surface area contributed by atoms with Gasteiger partial charge in [0.25, 0.3) is 5.91 Å². The molecule has 176 valence electrons. The lowest BCUT2D eigenvalue weighted by molar-refractivity contribution is -0.127. The van der Waals surface area contributed by atoms with Crippen molar-refractivity contribution in [2.75, 3.05) is 32.6 Å². The Bertz CT molecular complexity index is 1230. The Labute approximate surface area is 200 Å². The fourth-order valence-electron chi connectivity index (χ4n) is 4.05. The number of H-pyrrole nitrogens is 1. The second-order valence-electron chi connectivity index (χ2n) is 8.51. The lowest BCUT2D eigenvalue weighted by Gasteiger charge is -2.21. The van der Waals surface area contributed by atoms with Gasteiger partial charge in [0, 0.05) is 49.3 Å². The first-order valence-electron chi connectivity index (χ1n) is 11.4. The molecule has 0 aliphatic heterocycles. The number of rotatable bonds is 9. The molecule has 2 N–H and O–H groups in total. The van der Waals surface area contributed by atoms with E-state index in [0.29, 0.717) is 12.3 Å². The van der Waals surface area contributed by atoms with E-state index < -0.39 is 6.10 Å². The molecular formula is C28H31N3O3. The van der Waals surface area contributed by atoms with E-state index in [1.807, 2.05) is 44.6 Å². The van der Waals surface area contributed by atoms with Crippen LogP contribution in [-0.2, 0) is 4.79 Å². The summed E-state index contributed by atoms with van der Waals surface area (Å²) in [5.74, 6) is 1.19. The molecule has 6 heteroatoms. The molecule has 0 spiro atoms. The van der Waals surface area contributed by atoms with Crippen LogP contribution >= 0.6 is 0 Å². The second kappa shape index (κ2) is 10.3. The smallest absolute Gasteiger partial charge is 0.260 e. The highest BCUT2D eigenvalue weighted by Crippen LogP contribution is 2.31. The molecule has 4 rings (SSSR count). The normalized spacial score (nSPS) is 12.7. The average Bonchev–Trinajstić information content (AvgIpc) is 3.29. The standard InChI is InChI=1S/C28H31N3O3/c1-19(34-23-15-13-22(33-4)14-16-23)28(32)30-17-25(20-9-11-21(12-10-20)31(2)3)26-18-29-27-8-6-5-7-24(26)27/h5-16,18-19,25,29H,17H2,1-4H3,(H,30,32). The fourth-order valence-corrected chi connectivity index (χ4v) is 4.05. The van der Waals surface area contributed by atoms with Gasteiger partial charge >= 0.3 is 0 Å². The predicted octanol–water partition coefficient (Wildman–Crippen LogP) is 4.96. The maximum atomic E-state index is 12.9. The number of benzene rings is 3. The summed E-state index contributed by atoms with van der Waals surface area (Å²) in [7, 11) is 5.66. The van der Waals surface area contributed by atoms with Crippen molar-refractivity contribution in [1.29, 1.82) is 0 Å². The summed E-state index contributed by atoms with van der Waals surface area (Å²) in [5.41, 5.74) is 4.50. The number of fused-ring (bicyclic) bond motifs is 1. The van der Waals surface area contributed by atoms with Crippen LogP contribution in [-0.4, -0.2) is 44.7 Å². The Morgan fingerprint density at radius 3 is 2.32 bits per heavy atom. The van der Waals surface area contributed by atoms with Gasteiger partial charge in [0.15, 0.2) is 6.10 Å². The van der Waals surface area contributed by atoms with E-state index in [0.717, 1.165) is 33.5 Å². The zero-order chi connectivity index (χ0) is 24.1. The van der Waals surface area contributed by atoms with Gasteiger partial charge in [-0.15, -0.1) is 0 Å². The molecule has 0 fully saturated rings. The topological polar surface area (TPSA) is 66.6 Å². The van der Waals surface area contributed by atoms with Crippen LogP contribution in [0.25, 0.3) is 10.9 Å². The molecule has 1 amide bonds. The van der Waals surface area contributed by atoms with Crippen LogP contribution in [0, 0.1) is 0 Å². The van der Waals surface area contributed by atoms with Crippen molar-refractivity contribution < 1.29 is 14.3 Å². The summed E-state index contributed by atoms with van der Waals surface area (Å²) >= 11 is 0. The minimum Gasteiger partial charge on any atom is -0.497 e. The summed E-state index contributed by atoms with van der Waals surface area (Å²) in [6.07, 6.45) is 1.41. The minimum absolute atomic E-state index is 0.00972. The Kier molecular flexibility index (Phi) is 7.07. The van der Waals surface area contributed by atoms with Gasteiger partial charge in [-0.1, -0.05) is 30.3 Å². The van der Waals surface area contributed by atoms with Crippen LogP contribution in [0.2, 0.25) is 0 Å². The molecular weight excluding hydrogens is 426 g/mol. The minimum atomic E-state index is -0.631. The van der Waals surface area contributed by atoms with Gasteiger partial charge in [-0.05, 0) is 60.5 Å². The molecule has 34 heavy (non-hydrogen) atoms. The van der Waals surface area contributed by atoms with Crippen molar-refractivity contribution in [3.8, 4) is 11.5 Å². The van der Waals surface area contributed by atoms with E-state index in [-0.39, 0.29) is 11.8 Å². The van der Waals surface area contributed by atoms with Crippen LogP contribution in [0.1, 0.15) is 24.0 Å². The van der Waals surface area contributed by atoms with Crippen LogP contribution in [0.3, 0.4) is 0 Å². The third-order valence-corrected chi connectivity index (χ3v) is 6.03. The van der Waals surface area contributed by atoms with Crippen LogP contribution < -0.4 is 19.7 Å². The van der Waals surface area contributed by atoms with Crippen molar-refractivity contribution in [2.24, 2.45) is 0 Å².